The molecule has 0 spiro atoms. The summed E-state index contributed by atoms with van der Waals surface area (Å²) in [5, 5.41) is 2.10. The third-order valence-electron chi connectivity index (χ3n) is 1.85. The van der Waals surface area contributed by atoms with Gasteiger partial charge < -0.3 is 0 Å². The number of hydrazine groups is 1. The van der Waals surface area contributed by atoms with Gasteiger partial charge >= 0.3 is 0 Å². The van der Waals surface area contributed by atoms with E-state index < -0.39 is 0 Å². The SMILES string of the molecule is CC(C)N1CCC(=O)[CH]CN1. The summed E-state index contributed by atoms with van der Waals surface area (Å²) in [6, 6.07) is 0.467. The van der Waals surface area contributed by atoms with E-state index in [0.717, 1.165) is 6.54 Å². The number of nitrogens with one attached hydrogen (secondary N) is 1. The number of nitrogens with zero attached hydrogens (tertiary/aromatic N) is 1. The molecule has 0 aromatic carbocycles. The van der Waals surface area contributed by atoms with Crippen molar-refractivity contribution in [1.29, 1.82) is 0 Å². The zero-order valence-corrected chi connectivity index (χ0v) is 7.13. The molecule has 0 bridgehead atoms. The van der Waals surface area contributed by atoms with Crippen molar-refractivity contribution in [2.24, 2.45) is 0 Å². The van der Waals surface area contributed by atoms with Crippen molar-refractivity contribution in [2.45, 2.75) is 26.3 Å². The number of Topliss-reactive ketones (excluding diaryl/α,β-unsaturated/α-hetero) is 1. The van der Waals surface area contributed by atoms with Gasteiger partial charge in [0.05, 0.1) is 0 Å². The smallest absolute Gasteiger partial charge is 0.139 e. The molecule has 1 rings (SSSR count). The molecule has 0 aliphatic carbocycles. The molecule has 0 saturated carbocycles. The molecule has 1 aliphatic heterocycles. The van der Waals surface area contributed by atoms with Gasteiger partial charge in [0.1, 0.15) is 5.78 Å². The highest BCUT2D eigenvalue weighted by Crippen LogP contribution is 2.01. The number of hydrogen-bond acceptors (Lipinski definition) is 3. The highest BCUT2D eigenvalue weighted by Gasteiger charge is 2.15. The van der Waals surface area contributed by atoms with Crippen LogP contribution in [-0.4, -0.2) is 29.9 Å². The van der Waals surface area contributed by atoms with E-state index in [1.54, 1.807) is 6.42 Å². The summed E-state index contributed by atoms with van der Waals surface area (Å²) in [7, 11) is 0. The fourth-order valence-electron chi connectivity index (χ4n) is 1.13. The second-order valence-electron chi connectivity index (χ2n) is 3.07. The Balaban J connectivity index is 2.40. The Hall–Kier alpha value is -0.410. The van der Waals surface area contributed by atoms with Crippen molar-refractivity contribution in [2.75, 3.05) is 13.1 Å². The molecule has 0 aromatic heterocycles. The molecule has 0 atom stereocenters. The first kappa shape index (κ1) is 8.68. The Labute approximate surface area is 67.7 Å². The van der Waals surface area contributed by atoms with Crippen molar-refractivity contribution in [3.63, 3.8) is 0 Å². The average molecular weight is 155 g/mol. The molecular formula is C8H15N2O. The largest absolute Gasteiger partial charge is 0.299 e. The first-order valence-electron chi connectivity index (χ1n) is 4.06. The van der Waals surface area contributed by atoms with Crippen LogP contribution in [0.15, 0.2) is 0 Å². The van der Waals surface area contributed by atoms with Gasteiger partial charge in [-0.25, -0.2) is 5.01 Å². The van der Waals surface area contributed by atoms with Crippen LogP contribution in [-0.2, 0) is 4.79 Å². The van der Waals surface area contributed by atoms with Gasteiger partial charge in [-0.3, -0.25) is 10.2 Å². The number of hydrogen-bond donors (Lipinski definition) is 1. The van der Waals surface area contributed by atoms with Crippen LogP contribution in [0.25, 0.3) is 0 Å². The predicted octanol–water partition coefficient (Wildman–Crippen LogP) is 0.378. The first-order valence-corrected chi connectivity index (χ1v) is 4.06. The normalized spacial score (nSPS) is 22.3. The van der Waals surface area contributed by atoms with E-state index in [9.17, 15) is 4.79 Å². The molecule has 1 saturated heterocycles. The third kappa shape index (κ3) is 2.60. The maximum Gasteiger partial charge on any atom is 0.139 e. The molecule has 11 heavy (non-hydrogen) atoms. The molecule has 0 aromatic rings. The molecule has 0 unspecified atom stereocenters. The van der Waals surface area contributed by atoms with Crippen LogP contribution < -0.4 is 5.43 Å². The van der Waals surface area contributed by atoms with Gasteiger partial charge in [-0.05, 0) is 13.8 Å². The molecule has 1 fully saturated rings. The van der Waals surface area contributed by atoms with E-state index in [1.165, 1.54) is 0 Å². The summed E-state index contributed by atoms with van der Waals surface area (Å²) in [6.07, 6.45) is 2.35. The van der Waals surface area contributed by atoms with Crippen molar-refractivity contribution in [1.82, 2.24) is 10.4 Å². The summed E-state index contributed by atoms with van der Waals surface area (Å²) < 4.78 is 0. The van der Waals surface area contributed by atoms with E-state index in [-0.39, 0.29) is 5.78 Å². The molecule has 1 radical (unpaired) electrons. The second kappa shape index (κ2) is 3.83. The molecule has 1 aliphatic rings. The van der Waals surface area contributed by atoms with Crippen LogP contribution in [0, 0.1) is 6.42 Å². The molecule has 0 amide bonds. The maximum atomic E-state index is 10.9. The minimum Gasteiger partial charge on any atom is -0.299 e. The fourth-order valence-corrected chi connectivity index (χ4v) is 1.13. The minimum atomic E-state index is 0.251. The minimum absolute atomic E-state index is 0.251. The number of carbonyl (C=O) groups is 1. The Morgan fingerprint density at radius 1 is 1.64 bits per heavy atom. The number of ketones is 1. The Kier molecular flexibility index (Phi) is 3.02. The Morgan fingerprint density at radius 3 is 3.00 bits per heavy atom. The van der Waals surface area contributed by atoms with Crippen LogP contribution in [0.1, 0.15) is 20.3 Å². The lowest BCUT2D eigenvalue weighted by atomic mass is 10.2. The van der Waals surface area contributed by atoms with Gasteiger partial charge in [0, 0.05) is 32.0 Å². The molecule has 63 valence electrons. The monoisotopic (exact) mass is 155 g/mol. The van der Waals surface area contributed by atoms with Crippen LogP contribution in [0.4, 0.5) is 0 Å². The molecule has 3 nitrogen and oxygen atoms in total. The van der Waals surface area contributed by atoms with E-state index in [2.05, 4.69) is 24.3 Å². The van der Waals surface area contributed by atoms with Crippen molar-refractivity contribution in [3.8, 4) is 0 Å². The lowest BCUT2D eigenvalue weighted by Gasteiger charge is -2.24. The van der Waals surface area contributed by atoms with E-state index >= 15 is 0 Å². The summed E-state index contributed by atoms with van der Waals surface area (Å²) in [5.74, 6) is 0.251. The van der Waals surface area contributed by atoms with Crippen molar-refractivity contribution in [3.05, 3.63) is 6.42 Å². The molecular weight excluding hydrogens is 140 g/mol. The topological polar surface area (TPSA) is 32.3 Å². The van der Waals surface area contributed by atoms with Gasteiger partial charge in [-0.15, -0.1) is 0 Å². The number of rotatable bonds is 1. The maximum absolute atomic E-state index is 10.9. The molecule has 1 N–H and O–H groups in total. The van der Waals surface area contributed by atoms with Crippen LogP contribution in [0.5, 0.6) is 0 Å². The third-order valence-corrected chi connectivity index (χ3v) is 1.85. The molecule has 3 heteroatoms. The molecule has 1 heterocycles. The van der Waals surface area contributed by atoms with E-state index in [1.807, 2.05) is 0 Å². The summed E-state index contributed by atoms with van der Waals surface area (Å²) >= 11 is 0. The quantitative estimate of drug-likeness (QED) is 0.594. The zero-order valence-electron chi connectivity index (χ0n) is 7.13. The summed E-state index contributed by atoms with van der Waals surface area (Å²) in [4.78, 5) is 10.9. The second-order valence-corrected chi connectivity index (χ2v) is 3.07. The van der Waals surface area contributed by atoms with Gasteiger partial charge in [0.25, 0.3) is 0 Å². The van der Waals surface area contributed by atoms with Gasteiger partial charge in [0.2, 0.25) is 0 Å². The average Bonchev–Trinajstić information content (AvgIpc) is 2.13. The van der Waals surface area contributed by atoms with Crippen molar-refractivity contribution < 1.29 is 4.79 Å². The lowest BCUT2D eigenvalue weighted by molar-refractivity contribution is -0.115. The van der Waals surface area contributed by atoms with Gasteiger partial charge in [-0.2, -0.15) is 0 Å². The fraction of sp³-hybridized carbons (Fsp3) is 0.750. The van der Waals surface area contributed by atoms with Crippen LogP contribution in [0.3, 0.4) is 0 Å². The van der Waals surface area contributed by atoms with Gasteiger partial charge in [-0.1, -0.05) is 0 Å². The first-order chi connectivity index (χ1) is 5.20. The van der Waals surface area contributed by atoms with E-state index in [0.29, 0.717) is 19.0 Å². The number of carbonyl (C=O) groups excluding carboxylic acids is 1. The Morgan fingerprint density at radius 2 is 2.36 bits per heavy atom. The van der Waals surface area contributed by atoms with Gasteiger partial charge in [0.15, 0.2) is 0 Å². The summed E-state index contributed by atoms with van der Waals surface area (Å²) in [5.41, 5.74) is 3.17. The van der Waals surface area contributed by atoms with Crippen LogP contribution >= 0.6 is 0 Å². The predicted molar refractivity (Wildman–Crippen MR) is 43.8 cm³/mol. The standard InChI is InChI=1S/C8H15N2O/c1-7(2)10-6-4-8(11)3-5-9-10/h3,7,9H,4-6H2,1-2H3. The van der Waals surface area contributed by atoms with Crippen molar-refractivity contribution >= 4 is 5.78 Å². The Bertz CT molecular complexity index is 145. The summed E-state index contributed by atoms with van der Waals surface area (Å²) in [6.45, 7) is 5.73. The zero-order chi connectivity index (χ0) is 8.27. The lowest BCUT2D eigenvalue weighted by Crippen LogP contribution is -2.42. The highest BCUT2D eigenvalue weighted by molar-refractivity contribution is 5.87. The van der Waals surface area contributed by atoms with E-state index in [4.69, 9.17) is 0 Å². The highest BCUT2D eigenvalue weighted by atomic mass is 16.1. The van der Waals surface area contributed by atoms with Crippen LogP contribution in [0.2, 0.25) is 0 Å².